The zero-order valence-corrected chi connectivity index (χ0v) is 16.9. The summed E-state index contributed by atoms with van der Waals surface area (Å²) in [6, 6.07) is 10.8. The molecule has 0 radical (unpaired) electrons. The number of hydrogen-bond donors (Lipinski definition) is 2. The van der Waals surface area contributed by atoms with Crippen molar-refractivity contribution in [1.29, 1.82) is 0 Å². The molecule has 0 heterocycles. The minimum atomic E-state index is -0.515. The maximum absolute atomic E-state index is 12.2. The summed E-state index contributed by atoms with van der Waals surface area (Å²) >= 11 is 0. The fourth-order valence-corrected chi connectivity index (χ4v) is 2.70. The second-order valence-corrected chi connectivity index (χ2v) is 6.59. The Bertz CT molecular complexity index is 816. The van der Waals surface area contributed by atoms with Crippen molar-refractivity contribution in [2.24, 2.45) is 0 Å². The van der Waals surface area contributed by atoms with Crippen molar-refractivity contribution >= 4 is 17.7 Å². The van der Waals surface area contributed by atoms with Crippen molar-refractivity contribution < 1.29 is 19.1 Å². The van der Waals surface area contributed by atoms with Crippen LogP contribution >= 0.6 is 0 Å². The van der Waals surface area contributed by atoms with E-state index in [0.29, 0.717) is 37.4 Å². The molecule has 2 N–H and O–H groups in total. The molecule has 0 saturated carbocycles. The van der Waals surface area contributed by atoms with Crippen molar-refractivity contribution in [1.82, 2.24) is 5.32 Å². The second-order valence-electron chi connectivity index (χ2n) is 6.59. The molecule has 6 heteroatoms. The molecule has 0 spiro atoms. The standard InChI is InChI=1S/C22H28N2O4/c1-5-27-22(26)24-19-9-7-18(8-10-19)21(25)23-11-6-12-28-20-14-15(2)13-16(3)17(20)4/h7-10,13-14H,5-6,11-12H2,1-4H3,(H,23,25)(H,24,26). The van der Waals surface area contributed by atoms with E-state index in [1.807, 2.05) is 19.9 Å². The maximum Gasteiger partial charge on any atom is 0.411 e. The number of amides is 2. The van der Waals surface area contributed by atoms with Crippen LogP contribution < -0.4 is 15.4 Å². The Balaban J connectivity index is 1.74. The van der Waals surface area contributed by atoms with Gasteiger partial charge in [0.05, 0.1) is 13.2 Å². The van der Waals surface area contributed by atoms with Gasteiger partial charge in [-0.3, -0.25) is 10.1 Å². The van der Waals surface area contributed by atoms with Crippen LogP contribution in [-0.2, 0) is 4.74 Å². The SMILES string of the molecule is CCOC(=O)Nc1ccc(C(=O)NCCCOc2cc(C)cc(C)c2C)cc1. The first-order chi connectivity index (χ1) is 13.4. The van der Waals surface area contributed by atoms with Gasteiger partial charge in [0.15, 0.2) is 0 Å². The van der Waals surface area contributed by atoms with Crippen molar-refractivity contribution in [2.75, 3.05) is 25.1 Å². The molecule has 150 valence electrons. The Morgan fingerprint density at radius 3 is 2.43 bits per heavy atom. The highest BCUT2D eigenvalue weighted by molar-refractivity contribution is 5.95. The summed E-state index contributed by atoms with van der Waals surface area (Å²) in [6.45, 7) is 9.26. The van der Waals surface area contributed by atoms with Gasteiger partial charge in [0, 0.05) is 17.8 Å². The third-order valence-corrected chi connectivity index (χ3v) is 4.30. The highest BCUT2D eigenvalue weighted by Gasteiger charge is 2.07. The van der Waals surface area contributed by atoms with Crippen LogP contribution in [0.2, 0.25) is 0 Å². The molecule has 0 saturated heterocycles. The van der Waals surface area contributed by atoms with Gasteiger partial charge in [0.1, 0.15) is 5.75 Å². The Hall–Kier alpha value is -3.02. The number of benzene rings is 2. The summed E-state index contributed by atoms with van der Waals surface area (Å²) in [5, 5.41) is 5.46. The van der Waals surface area contributed by atoms with Gasteiger partial charge in [0.2, 0.25) is 0 Å². The summed E-state index contributed by atoms with van der Waals surface area (Å²) < 4.78 is 10.7. The molecular weight excluding hydrogens is 356 g/mol. The number of carbonyl (C=O) groups excluding carboxylic acids is 2. The molecule has 2 amide bonds. The van der Waals surface area contributed by atoms with Gasteiger partial charge in [0.25, 0.3) is 5.91 Å². The lowest BCUT2D eigenvalue weighted by molar-refractivity contribution is 0.0951. The van der Waals surface area contributed by atoms with Gasteiger partial charge in [-0.05, 0) is 81.1 Å². The lowest BCUT2D eigenvalue weighted by Gasteiger charge is -2.12. The second kappa shape index (κ2) is 10.3. The van der Waals surface area contributed by atoms with E-state index in [2.05, 4.69) is 23.6 Å². The largest absolute Gasteiger partial charge is 0.493 e. The summed E-state index contributed by atoms with van der Waals surface area (Å²) in [4.78, 5) is 23.6. The third kappa shape index (κ3) is 6.30. The van der Waals surface area contributed by atoms with Gasteiger partial charge in [-0.1, -0.05) is 6.07 Å². The number of nitrogens with one attached hydrogen (secondary N) is 2. The number of carbonyl (C=O) groups is 2. The minimum absolute atomic E-state index is 0.162. The minimum Gasteiger partial charge on any atom is -0.493 e. The smallest absolute Gasteiger partial charge is 0.411 e. The zero-order valence-electron chi connectivity index (χ0n) is 16.9. The average molecular weight is 384 g/mol. The fourth-order valence-electron chi connectivity index (χ4n) is 2.70. The van der Waals surface area contributed by atoms with E-state index in [1.165, 1.54) is 11.1 Å². The van der Waals surface area contributed by atoms with Crippen molar-refractivity contribution in [3.8, 4) is 5.75 Å². The lowest BCUT2D eigenvalue weighted by atomic mass is 10.1. The molecular formula is C22H28N2O4. The monoisotopic (exact) mass is 384 g/mol. The molecule has 0 unspecified atom stereocenters. The number of aryl methyl sites for hydroxylation is 2. The molecule has 0 aromatic heterocycles. The first-order valence-corrected chi connectivity index (χ1v) is 9.43. The predicted octanol–water partition coefficient (Wildman–Crippen LogP) is 4.38. The summed E-state index contributed by atoms with van der Waals surface area (Å²) in [7, 11) is 0. The van der Waals surface area contributed by atoms with E-state index >= 15 is 0 Å². The number of ether oxygens (including phenoxy) is 2. The number of rotatable bonds is 8. The van der Waals surface area contributed by atoms with Gasteiger partial charge in [-0.25, -0.2) is 4.79 Å². The van der Waals surface area contributed by atoms with Crippen molar-refractivity contribution in [3.63, 3.8) is 0 Å². The summed E-state index contributed by atoms with van der Waals surface area (Å²) in [6.07, 6.45) is 0.194. The number of anilines is 1. The Labute approximate surface area is 166 Å². The average Bonchev–Trinajstić information content (AvgIpc) is 2.65. The van der Waals surface area contributed by atoms with Crippen LogP contribution in [0.4, 0.5) is 10.5 Å². The van der Waals surface area contributed by atoms with E-state index in [9.17, 15) is 9.59 Å². The van der Waals surface area contributed by atoms with Crippen LogP contribution in [0, 0.1) is 20.8 Å². The molecule has 6 nitrogen and oxygen atoms in total. The molecule has 28 heavy (non-hydrogen) atoms. The molecule has 0 aliphatic heterocycles. The summed E-state index contributed by atoms with van der Waals surface area (Å²) in [5.41, 5.74) is 4.63. The quantitative estimate of drug-likeness (QED) is 0.662. The molecule has 2 rings (SSSR count). The molecule has 0 aliphatic carbocycles. The van der Waals surface area contributed by atoms with Crippen LogP contribution in [0.15, 0.2) is 36.4 Å². The van der Waals surface area contributed by atoms with Crippen LogP contribution in [0.5, 0.6) is 5.75 Å². The fraction of sp³-hybridized carbons (Fsp3) is 0.364. The van der Waals surface area contributed by atoms with Gasteiger partial charge >= 0.3 is 6.09 Å². The summed E-state index contributed by atoms with van der Waals surface area (Å²) in [5.74, 6) is 0.735. The maximum atomic E-state index is 12.2. The van der Waals surface area contributed by atoms with E-state index in [4.69, 9.17) is 9.47 Å². The molecule has 0 fully saturated rings. The van der Waals surface area contributed by atoms with Crippen LogP contribution in [-0.4, -0.2) is 31.8 Å². The van der Waals surface area contributed by atoms with Crippen molar-refractivity contribution in [3.05, 3.63) is 58.7 Å². The van der Waals surface area contributed by atoms with E-state index < -0.39 is 6.09 Å². The molecule has 0 aliphatic rings. The van der Waals surface area contributed by atoms with Gasteiger partial charge in [-0.2, -0.15) is 0 Å². The molecule has 2 aromatic carbocycles. The lowest BCUT2D eigenvalue weighted by Crippen LogP contribution is -2.25. The van der Waals surface area contributed by atoms with Crippen LogP contribution in [0.3, 0.4) is 0 Å². The van der Waals surface area contributed by atoms with E-state index in [0.717, 1.165) is 11.3 Å². The van der Waals surface area contributed by atoms with Crippen molar-refractivity contribution in [2.45, 2.75) is 34.1 Å². The molecule has 0 bridgehead atoms. The van der Waals surface area contributed by atoms with Gasteiger partial charge in [-0.15, -0.1) is 0 Å². The predicted molar refractivity (Wildman–Crippen MR) is 110 cm³/mol. The topological polar surface area (TPSA) is 76.7 Å². The molecule has 2 aromatic rings. The first kappa shape index (κ1) is 21.3. The van der Waals surface area contributed by atoms with E-state index in [1.54, 1.807) is 31.2 Å². The molecule has 0 atom stereocenters. The first-order valence-electron chi connectivity index (χ1n) is 9.43. The Morgan fingerprint density at radius 2 is 1.75 bits per heavy atom. The third-order valence-electron chi connectivity index (χ3n) is 4.30. The van der Waals surface area contributed by atoms with Gasteiger partial charge < -0.3 is 14.8 Å². The highest BCUT2D eigenvalue weighted by atomic mass is 16.5. The highest BCUT2D eigenvalue weighted by Crippen LogP contribution is 2.23. The Kier molecular flexibility index (Phi) is 7.87. The van der Waals surface area contributed by atoms with Crippen LogP contribution in [0.25, 0.3) is 0 Å². The number of hydrogen-bond acceptors (Lipinski definition) is 4. The van der Waals surface area contributed by atoms with E-state index in [-0.39, 0.29) is 5.91 Å². The normalized spacial score (nSPS) is 10.3. The Morgan fingerprint density at radius 1 is 1.04 bits per heavy atom. The zero-order chi connectivity index (χ0) is 20.5. The van der Waals surface area contributed by atoms with Crippen LogP contribution in [0.1, 0.15) is 40.4 Å².